The van der Waals surface area contributed by atoms with E-state index in [1.807, 2.05) is 13.0 Å². The molecule has 0 bridgehead atoms. The lowest BCUT2D eigenvalue weighted by molar-refractivity contribution is 0.0987. The minimum absolute atomic E-state index is 0.118. The number of aryl methyl sites for hydroxylation is 1. The number of primary amides is 2. The van der Waals surface area contributed by atoms with Crippen LogP contribution in [0.4, 0.5) is 0 Å². The first kappa shape index (κ1) is 15.3. The molecule has 3 aromatic rings. The van der Waals surface area contributed by atoms with Gasteiger partial charge in [-0.1, -0.05) is 6.07 Å². The van der Waals surface area contributed by atoms with Crippen molar-refractivity contribution in [3.8, 4) is 16.9 Å². The number of carbonyl (C=O) groups is 2. The van der Waals surface area contributed by atoms with E-state index in [0.717, 1.165) is 5.56 Å². The zero-order chi connectivity index (χ0) is 17.3. The Hall–Kier alpha value is -3.55. The number of hydrogen-bond acceptors (Lipinski definition) is 5. The number of hydrogen-bond donors (Lipinski definition) is 2. The standard InChI is InChI=1S/C16H14N6O2/c1-9-6-12(22-5-4-19-8-22)21-14(16(18)24)13(9)10-2-3-11(15(17)23)20-7-10/h2-8H,1H3,(H2,17,23)(H2,18,24). The van der Waals surface area contributed by atoms with E-state index in [-0.39, 0.29) is 11.4 Å². The molecule has 0 atom stereocenters. The molecule has 8 nitrogen and oxygen atoms in total. The highest BCUT2D eigenvalue weighted by molar-refractivity contribution is 5.99. The molecule has 0 saturated carbocycles. The van der Waals surface area contributed by atoms with Crippen LogP contribution in [0.3, 0.4) is 0 Å². The Morgan fingerprint density at radius 2 is 1.96 bits per heavy atom. The number of nitrogens with two attached hydrogens (primary N) is 2. The Morgan fingerprint density at radius 3 is 2.50 bits per heavy atom. The lowest BCUT2D eigenvalue weighted by Crippen LogP contribution is -2.17. The summed E-state index contributed by atoms with van der Waals surface area (Å²) in [6, 6.07) is 4.96. The number of carbonyl (C=O) groups excluding carboxylic acids is 2. The van der Waals surface area contributed by atoms with Gasteiger partial charge in [-0.05, 0) is 24.6 Å². The van der Waals surface area contributed by atoms with Crippen molar-refractivity contribution in [1.29, 1.82) is 0 Å². The minimum atomic E-state index is -0.658. The van der Waals surface area contributed by atoms with Crippen LogP contribution in [0.2, 0.25) is 0 Å². The summed E-state index contributed by atoms with van der Waals surface area (Å²) in [5, 5.41) is 0. The Bertz CT molecular complexity index is 916. The second-order valence-electron chi connectivity index (χ2n) is 5.15. The number of pyridine rings is 2. The number of imidazole rings is 1. The summed E-state index contributed by atoms with van der Waals surface area (Å²) in [5.41, 5.74) is 12.9. The average molecular weight is 322 g/mol. The molecule has 8 heteroatoms. The van der Waals surface area contributed by atoms with Crippen LogP contribution in [-0.4, -0.2) is 31.3 Å². The van der Waals surface area contributed by atoms with E-state index in [2.05, 4.69) is 15.0 Å². The van der Waals surface area contributed by atoms with Gasteiger partial charge in [-0.15, -0.1) is 0 Å². The summed E-state index contributed by atoms with van der Waals surface area (Å²) >= 11 is 0. The van der Waals surface area contributed by atoms with Crippen molar-refractivity contribution in [3.63, 3.8) is 0 Å². The summed E-state index contributed by atoms with van der Waals surface area (Å²) in [4.78, 5) is 35.3. The molecule has 0 aliphatic heterocycles. The molecule has 3 aromatic heterocycles. The molecule has 0 aliphatic rings. The molecular formula is C16H14N6O2. The van der Waals surface area contributed by atoms with Gasteiger partial charge in [0.05, 0.1) is 0 Å². The topological polar surface area (TPSA) is 130 Å². The zero-order valence-electron chi connectivity index (χ0n) is 12.8. The second kappa shape index (κ2) is 5.92. The molecule has 0 fully saturated rings. The molecule has 0 saturated heterocycles. The van der Waals surface area contributed by atoms with Crippen LogP contribution in [0.15, 0.2) is 43.1 Å². The number of aromatic nitrogens is 4. The summed E-state index contributed by atoms with van der Waals surface area (Å²) < 4.78 is 1.68. The van der Waals surface area contributed by atoms with Gasteiger partial charge in [0.25, 0.3) is 11.8 Å². The van der Waals surface area contributed by atoms with Crippen LogP contribution in [-0.2, 0) is 0 Å². The predicted octanol–water partition coefficient (Wildman–Crippen LogP) is 0.836. The molecule has 2 amide bonds. The molecule has 0 aliphatic carbocycles. The molecule has 120 valence electrons. The van der Waals surface area contributed by atoms with Gasteiger partial charge in [0.1, 0.15) is 23.5 Å². The van der Waals surface area contributed by atoms with Crippen molar-refractivity contribution < 1.29 is 9.59 Å². The van der Waals surface area contributed by atoms with Crippen LogP contribution < -0.4 is 11.5 Å². The van der Waals surface area contributed by atoms with Crippen molar-refractivity contribution >= 4 is 11.8 Å². The maximum atomic E-state index is 11.9. The van der Waals surface area contributed by atoms with Crippen molar-refractivity contribution in [3.05, 3.63) is 60.1 Å². The zero-order valence-corrected chi connectivity index (χ0v) is 12.8. The van der Waals surface area contributed by atoms with Crippen molar-refractivity contribution in [2.24, 2.45) is 11.5 Å². The van der Waals surface area contributed by atoms with Crippen LogP contribution in [0.5, 0.6) is 0 Å². The maximum absolute atomic E-state index is 11.9. The van der Waals surface area contributed by atoms with E-state index in [4.69, 9.17) is 11.5 Å². The SMILES string of the molecule is Cc1cc(-n2ccnc2)nc(C(N)=O)c1-c1ccc(C(N)=O)nc1. The predicted molar refractivity (Wildman–Crippen MR) is 86.4 cm³/mol. The van der Waals surface area contributed by atoms with E-state index >= 15 is 0 Å². The van der Waals surface area contributed by atoms with E-state index < -0.39 is 11.8 Å². The monoisotopic (exact) mass is 322 g/mol. The highest BCUT2D eigenvalue weighted by Gasteiger charge is 2.17. The molecular weight excluding hydrogens is 308 g/mol. The number of rotatable bonds is 4. The summed E-state index contributed by atoms with van der Waals surface area (Å²) in [6.07, 6.45) is 6.37. The van der Waals surface area contributed by atoms with Crippen LogP contribution in [0.1, 0.15) is 26.5 Å². The molecule has 24 heavy (non-hydrogen) atoms. The summed E-state index contributed by atoms with van der Waals surface area (Å²) in [5.74, 6) is -0.750. The van der Waals surface area contributed by atoms with Gasteiger partial charge in [-0.3, -0.25) is 19.1 Å². The summed E-state index contributed by atoms with van der Waals surface area (Å²) in [6.45, 7) is 1.84. The van der Waals surface area contributed by atoms with Gasteiger partial charge in [0.15, 0.2) is 0 Å². The minimum Gasteiger partial charge on any atom is -0.364 e. The summed E-state index contributed by atoms with van der Waals surface area (Å²) in [7, 11) is 0. The second-order valence-corrected chi connectivity index (χ2v) is 5.15. The largest absolute Gasteiger partial charge is 0.364 e. The highest BCUT2D eigenvalue weighted by Crippen LogP contribution is 2.27. The molecule has 3 heterocycles. The molecule has 3 rings (SSSR count). The Labute approximate surface area is 137 Å². The molecule has 0 aromatic carbocycles. The van der Waals surface area contributed by atoms with E-state index in [0.29, 0.717) is 16.9 Å². The van der Waals surface area contributed by atoms with Crippen molar-refractivity contribution in [2.75, 3.05) is 0 Å². The Balaban J connectivity index is 2.16. The van der Waals surface area contributed by atoms with Crippen LogP contribution >= 0.6 is 0 Å². The first-order valence-electron chi connectivity index (χ1n) is 7.03. The Kier molecular flexibility index (Phi) is 3.78. The van der Waals surface area contributed by atoms with Gasteiger partial charge in [-0.2, -0.15) is 0 Å². The fourth-order valence-electron chi connectivity index (χ4n) is 2.41. The third-order valence-electron chi connectivity index (χ3n) is 3.51. The van der Waals surface area contributed by atoms with Gasteiger partial charge in [0.2, 0.25) is 0 Å². The molecule has 0 spiro atoms. The first-order valence-corrected chi connectivity index (χ1v) is 7.03. The van der Waals surface area contributed by atoms with Crippen molar-refractivity contribution in [2.45, 2.75) is 6.92 Å². The molecule has 4 N–H and O–H groups in total. The van der Waals surface area contributed by atoms with Gasteiger partial charge in [-0.25, -0.2) is 9.97 Å². The lowest BCUT2D eigenvalue weighted by atomic mass is 9.99. The van der Waals surface area contributed by atoms with E-state index in [9.17, 15) is 9.59 Å². The van der Waals surface area contributed by atoms with Crippen LogP contribution in [0, 0.1) is 6.92 Å². The highest BCUT2D eigenvalue weighted by atomic mass is 16.1. The molecule has 0 unspecified atom stereocenters. The van der Waals surface area contributed by atoms with Gasteiger partial charge >= 0.3 is 0 Å². The third kappa shape index (κ3) is 2.72. The quantitative estimate of drug-likeness (QED) is 0.735. The maximum Gasteiger partial charge on any atom is 0.268 e. The average Bonchev–Trinajstić information content (AvgIpc) is 3.08. The fourth-order valence-corrected chi connectivity index (χ4v) is 2.41. The first-order chi connectivity index (χ1) is 11.5. The molecule has 0 radical (unpaired) electrons. The normalized spacial score (nSPS) is 10.5. The fraction of sp³-hybridized carbons (Fsp3) is 0.0625. The van der Waals surface area contributed by atoms with Gasteiger partial charge in [0, 0.05) is 29.7 Å². The van der Waals surface area contributed by atoms with Crippen LogP contribution in [0.25, 0.3) is 16.9 Å². The van der Waals surface area contributed by atoms with E-state index in [1.165, 1.54) is 12.3 Å². The Morgan fingerprint density at radius 1 is 1.17 bits per heavy atom. The van der Waals surface area contributed by atoms with Gasteiger partial charge < -0.3 is 11.5 Å². The number of amides is 2. The number of nitrogens with zero attached hydrogens (tertiary/aromatic N) is 4. The lowest BCUT2D eigenvalue weighted by Gasteiger charge is -2.13. The third-order valence-corrected chi connectivity index (χ3v) is 3.51. The van der Waals surface area contributed by atoms with E-state index in [1.54, 1.807) is 29.4 Å². The smallest absolute Gasteiger partial charge is 0.268 e. The van der Waals surface area contributed by atoms with Crippen molar-refractivity contribution in [1.82, 2.24) is 19.5 Å².